The molecule has 2 aliphatic carbocycles. The molecule has 0 amide bonds. The summed E-state index contributed by atoms with van der Waals surface area (Å²) in [7, 11) is 0. The van der Waals surface area contributed by atoms with Gasteiger partial charge in [0.1, 0.15) is 0 Å². The van der Waals surface area contributed by atoms with Crippen molar-refractivity contribution in [3.05, 3.63) is 60.2 Å². The highest BCUT2D eigenvalue weighted by atomic mass is 14.4. The van der Waals surface area contributed by atoms with Crippen molar-refractivity contribution in [3.63, 3.8) is 0 Å². The molecule has 0 spiro atoms. The molecule has 2 aliphatic rings. The lowest BCUT2D eigenvalue weighted by molar-refractivity contribution is 0.165. The predicted molar refractivity (Wildman–Crippen MR) is 108 cm³/mol. The van der Waals surface area contributed by atoms with E-state index in [-0.39, 0.29) is 0 Å². The average Bonchev–Trinajstić information content (AvgIpc) is 2.70. The molecule has 0 unspecified atom stereocenters. The Morgan fingerprint density at radius 3 is 1.68 bits per heavy atom. The van der Waals surface area contributed by atoms with Crippen LogP contribution in [0.25, 0.3) is 11.1 Å². The first-order valence-electron chi connectivity index (χ1n) is 10.4. The molecule has 0 N–H and O–H groups in total. The van der Waals surface area contributed by atoms with E-state index in [9.17, 15) is 0 Å². The highest BCUT2D eigenvalue weighted by molar-refractivity contribution is 5.63. The van der Waals surface area contributed by atoms with Gasteiger partial charge < -0.3 is 0 Å². The van der Waals surface area contributed by atoms with Crippen molar-refractivity contribution in [1.29, 1.82) is 0 Å². The van der Waals surface area contributed by atoms with E-state index in [1.165, 1.54) is 62.5 Å². The van der Waals surface area contributed by atoms with Crippen LogP contribution in [0.2, 0.25) is 0 Å². The maximum atomic E-state index is 2.44. The Labute approximate surface area is 153 Å². The molecule has 0 heterocycles. The van der Waals surface area contributed by atoms with Crippen LogP contribution in [0.4, 0.5) is 0 Å². The van der Waals surface area contributed by atoms with Gasteiger partial charge in [0, 0.05) is 0 Å². The standard InChI is InChI=1S/C25H32/c1-19-7-9-21(10-8-19)23-15-17-25(18-16-23)24-13-11-22(12-14-24)20-5-3-2-4-6-20/h2-6,11-14,19,21,23,25H,7-10,15-18H2,1H3. The molecule has 0 nitrogen and oxygen atoms in total. The van der Waals surface area contributed by atoms with Crippen LogP contribution >= 0.6 is 0 Å². The van der Waals surface area contributed by atoms with E-state index in [4.69, 9.17) is 0 Å². The van der Waals surface area contributed by atoms with Crippen LogP contribution in [0.15, 0.2) is 54.6 Å². The predicted octanol–water partition coefficient (Wildman–Crippen LogP) is 7.45. The summed E-state index contributed by atoms with van der Waals surface area (Å²) in [5, 5.41) is 0. The maximum absolute atomic E-state index is 2.44. The van der Waals surface area contributed by atoms with E-state index in [2.05, 4.69) is 61.5 Å². The van der Waals surface area contributed by atoms with E-state index in [1.807, 2.05) is 0 Å². The molecule has 2 aromatic carbocycles. The maximum Gasteiger partial charge on any atom is -0.0162 e. The van der Waals surface area contributed by atoms with Crippen LogP contribution in [0.5, 0.6) is 0 Å². The van der Waals surface area contributed by atoms with Gasteiger partial charge in [-0.3, -0.25) is 0 Å². The Bertz CT molecular complexity index is 638. The minimum Gasteiger partial charge on any atom is -0.0625 e. The Balaban J connectivity index is 1.35. The van der Waals surface area contributed by atoms with Crippen molar-refractivity contribution in [3.8, 4) is 11.1 Å². The minimum absolute atomic E-state index is 0.795. The van der Waals surface area contributed by atoms with Gasteiger partial charge in [0.05, 0.1) is 0 Å². The summed E-state index contributed by atoms with van der Waals surface area (Å²) in [6.07, 6.45) is 11.7. The second-order valence-electron chi connectivity index (χ2n) is 8.62. The SMILES string of the molecule is CC1CCC(C2CCC(c3ccc(-c4ccccc4)cc3)CC2)CC1. The second-order valence-corrected chi connectivity index (χ2v) is 8.62. The van der Waals surface area contributed by atoms with Gasteiger partial charge in [0.2, 0.25) is 0 Å². The first-order valence-corrected chi connectivity index (χ1v) is 10.4. The van der Waals surface area contributed by atoms with Crippen molar-refractivity contribution in [2.24, 2.45) is 17.8 Å². The van der Waals surface area contributed by atoms with Crippen LogP contribution in [0.3, 0.4) is 0 Å². The zero-order valence-corrected chi connectivity index (χ0v) is 15.7. The van der Waals surface area contributed by atoms with Crippen molar-refractivity contribution in [1.82, 2.24) is 0 Å². The topological polar surface area (TPSA) is 0 Å². The highest BCUT2D eigenvalue weighted by Gasteiger charge is 2.30. The summed E-state index contributed by atoms with van der Waals surface area (Å²) in [5.74, 6) is 3.84. The van der Waals surface area contributed by atoms with Gasteiger partial charge in [-0.1, -0.05) is 74.4 Å². The van der Waals surface area contributed by atoms with Crippen molar-refractivity contribution in [2.75, 3.05) is 0 Å². The molecule has 0 aliphatic heterocycles. The van der Waals surface area contributed by atoms with E-state index in [0.29, 0.717) is 0 Å². The van der Waals surface area contributed by atoms with Gasteiger partial charge in [-0.05, 0) is 78.9 Å². The zero-order valence-electron chi connectivity index (χ0n) is 15.7. The quantitative estimate of drug-likeness (QED) is 0.547. The summed E-state index contributed by atoms with van der Waals surface area (Å²) in [4.78, 5) is 0. The molecule has 4 rings (SSSR count). The lowest BCUT2D eigenvalue weighted by Gasteiger charge is -2.37. The largest absolute Gasteiger partial charge is 0.0625 e. The van der Waals surface area contributed by atoms with Gasteiger partial charge >= 0.3 is 0 Å². The van der Waals surface area contributed by atoms with Crippen molar-refractivity contribution in [2.45, 2.75) is 64.2 Å². The summed E-state index contributed by atoms with van der Waals surface area (Å²) in [6, 6.07) is 20.1. The molecule has 2 aromatic rings. The molecule has 132 valence electrons. The third kappa shape index (κ3) is 4.00. The van der Waals surface area contributed by atoms with Crippen LogP contribution in [-0.2, 0) is 0 Å². The Morgan fingerprint density at radius 1 is 0.560 bits per heavy atom. The third-order valence-corrected chi connectivity index (χ3v) is 6.99. The van der Waals surface area contributed by atoms with Gasteiger partial charge in [-0.15, -0.1) is 0 Å². The zero-order chi connectivity index (χ0) is 17.1. The van der Waals surface area contributed by atoms with Gasteiger partial charge in [-0.25, -0.2) is 0 Å². The number of rotatable bonds is 3. The molecule has 2 saturated carbocycles. The van der Waals surface area contributed by atoms with Crippen molar-refractivity contribution < 1.29 is 0 Å². The fourth-order valence-electron chi connectivity index (χ4n) is 5.26. The monoisotopic (exact) mass is 332 g/mol. The van der Waals surface area contributed by atoms with E-state index in [1.54, 1.807) is 5.56 Å². The molecule has 2 fully saturated rings. The summed E-state index contributed by atoms with van der Waals surface area (Å²) < 4.78 is 0. The summed E-state index contributed by atoms with van der Waals surface area (Å²) in [6.45, 7) is 2.44. The Hall–Kier alpha value is -1.56. The number of hydrogen-bond donors (Lipinski definition) is 0. The van der Waals surface area contributed by atoms with E-state index in [0.717, 1.165) is 23.7 Å². The molecule has 0 radical (unpaired) electrons. The van der Waals surface area contributed by atoms with Crippen molar-refractivity contribution >= 4 is 0 Å². The molecule has 0 aromatic heterocycles. The number of hydrogen-bond acceptors (Lipinski definition) is 0. The molecule has 25 heavy (non-hydrogen) atoms. The van der Waals surface area contributed by atoms with Crippen LogP contribution in [0, 0.1) is 17.8 Å². The fraction of sp³-hybridized carbons (Fsp3) is 0.520. The van der Waals surface area contributed by atoms with Gasteiger partial charge in [-0.2, -0.15) is 0 Å². The first-order chi connectivity index (χ1) is 12.3. The Kier molecular flexibility index (Phi) is 5.25. The van der Waals surface area contributed by atoms with E-state index < -0.39 is 0 Å². The molecule has 0 heteroatoms. The number of benzene rings is 2. The molecule has 0 saturated heterocycles. The average molecular weight is 333 g/mol. The second kappa shape index (κ2) is 7.77. The summed E-state index contributed by atoms with van der Waals surface area (Å²) in [5.41, 5.74) is 4.23. The fourth-order valence-corrected chi connectivity index (χ4v) is 5.26. The molecule has 0 bridgehead atoms. The smallest absolute Gasteiger partial charge is 0.0162 e. The van der Waals surface area contributed by atoms with Gasteiger partial charge in [0.25, 0.3) is 0 Å². The van der Waals surface area contributed by atoms with Gasteiger partial charge in [0.15, 0.2) is 0 Å². The Morgan fingerprint density at radius 2 is 1.08 bits per heavy atom. The lowest BCUT2D eigenvalue weighted by Crippen LogP contribution is -2.24. The first kappa shape index (κ1) is 16.9. The van der Waals surface area contributed by atoms with Crippen LogP contribution in [-0.4, -0.2) is 0 Å². The molecular formula is C25H32. The third-order valence-electron chi connectivity index (χ3n) is 6.99. The molecule has 0 atom stereocenters. The van der Waals surface area contributed by atoms with Crippen LogP contribution in [0.1, 0.15) is 69.8 Å². The van der Waals surface area contributed by atoms with E-state index >= 15 is 0 Å². The molecular weight excluding hydrogens is 300 g/mol. The minimum atomic E-state index is 0.795. The lowest BCUT2D eigenvalue weighted by atomic mass is 9.68. The highest BCUT2D eigenvalue weighted by Crippen LogP contribution is 2.43. The summed E-state index contributed by atoms with van der Waals surface area (Å²) >= 11 is 0. The normalized spacial score (nSPS) is 30.1. The van der Waals surface area contributed by atoms with Crippen LogP contribution < -0.4 is 0 Å².